The Kier molecular flexibility index (Phi) is 5.32. The third-order valence-electron chi connectivity index (χ3n) is 1.68. The molecule has 0 spiro atoms. The van der Waals surface area contributed by atoms with Crippen LogP contribution in [-0.2, 0) is 4.79 Å². The fourth-order valence-corrected chi connectivity index (χ4v) is 2.35. The molecule has 7 heteroatoms. The minimum atomic E-state index is -4.37. The molecule has 17 heavy (non-hydrogen) atoms. The molecule has 1 rings (SSSR count). The Balaban J connectivity index is 2.36. The highest BCUT2D eigenvalue weighted by molar-refractivity contribution is 9.10. The van der Waals surface area contributed by atoms with Crippen molar-refractivity contribution in [2.45, 2.75) is 11.1 Å². The molecule has 1 N–H and O–H groups in total. The summed E-state index contributed by atoms with van der Waals surface area (Å²) >= 11 is 4.46. The monoisotopic (exact) mass is 327 g/mol. The minimum Gasteiger partial charge on any atom is -0.346 e. The van der Waals surface area contributed by atoms with Gasteiger partial charge in [-0.1, -0.05) is 12.1 Å². The van der Waals surface area contributed by atoms with Gasteiger partial charge in [0.2, 0.25) is 5.91 Å². The van der Waals surface area contributed by atoms with Crippen molar-refractivity contribution >= 4 is 33.6 Å². The highest BCUT2D eigenvalue weighted by atomic mass is 79.9. The molecular weight excluding hydrogens is 319 g/mol. The zero-order valence-corrected chi connectivity index (χ0v) is 11.0. The van der Waals surface area contributed by atoms with E-state index >= 15 is 0 Å². The van der Waals surface area contributed by atoms with Crippen molar-refractivity contribution in [3.8, 4) is 0 Å². The molecule has 0 saturated carbocycles. The van der Waals surface area contributed by atoms with Gasteiger partial charge in [-0.15, -0.1) is 11.8 Å². The summed E-state index contributed by atoms with van der Waals surface area (Å²) in [4.78, 5) is 11.9. The van der Waals surface area contributed by atoms with Crippen LogP contribution in [0.5, 0.6) is 0 Å². The average Bonchev–Trinajstić information content (AvgIpc) is 2.24. The summed E-state index contributed by atoms with van der Waals surface area (Å²) in [6.45, 7) is -1.29. The van der Waals surface area contributed by atoms with Crippen molar-refractivity contribution < 1.29 is 18.0 Å². The molecule has 0 bridgehead atoms. The van der Waals surface area contributed by atoms with Crippen molar-refractivity contribution in [3.05, 3.63) is 28.7 Å². The van der Waals surface area contributed by atoms with E-state index in [4.69, 9.17) is 0 Å². The molecule has 1 aromatic rings. The Morgan fingerprint density at radius 2 is 2.00 bits per heavy atom. The van der Waals surface area contributed by atoms with Gasteiger partial charge in [-0.2, -0.15) is 13.2 Å². The fourth-order valence-electron chi connectivity index (χ4n) is 0.955. The molecule has 0 saturated heterocycles. The number of hydrogen-bond acceptors (Lipinski definition) is 2. The number of halogens is 4. The summed E-state index contributed by atoms with van der Waals surface area (Å²) in [6, 6.07) is 7.19. The Hall–Kier alpha value is -0.690. The first-order chi connectivity index (χ1) is 7.88. The van der Waals surface area contributed by atoms with Gasteiger partial charge in [-0.25, -0.2) is 0 Å². The molecule has 2 nitrogen and oxygen atoms in total. The van der Waals surface area contributed by atoms with Gasteiger partial charge in [-0.05, 0) is 28.1 Å². The maximum Gasteiger partial charge on any atom is 0.405 e. The third kappa shape index (κ3) is 5.97. The molecular formula is C10H9BrF3NOS. The zero-order valence-electron chi connectivity index (χ0n) is 8.55. The number of amides is 1. The smallest absolute Gasteiger partial charge is 0.346 e. The molecule has 0 aromatic heterocycles. The van der Waals surface area contributed by atoms with E-state index in [1.54, 1.807) is 18.2 Å². The molecule has 0 aliphatic rings. The van der Waals surface area contributed by atoms with Crippen LogP contribution in [0.25, 0.3) is 0 Å². The number of carbonyl (C=O) groups excluding carboxylic acids is 1. The first-order valence-electron chi connectivity index (χ1n) is 4.59. The van der Waals surface area contributed by atoms with Crippen molar-refractivity contribution in [1.29, 1.82) is 0 Å². The summed E-state index contributed by atoms with van der Waals surface area (Å²) in [7, 11) is 0. The molecule has 0 aliphatic heterocycles. The standard InChI is InChI=1S/C10H9BrF3NOS/c11-7-3-1-2-4-8(7)17-5-9(16)15-6-10(12,13)14/h1-4H,5-6H2,(H,15,16). The van der Waals surface area contributed by atoms with Crippen molar-refractivity contribution in [3.63, 3.8) is 0 Å². The molecule has 0 aliphatic carbocycles. The van der Waals surface area contributed by atoms with Crippen LogP contribution in [0.3, 0.4) is 0 Å². The van der Waals surface area contributed by atoms with Crippen LogP contribution in [-0.4, -0.2) is 24.4 Å². The SMILES string of the molecule is O=C(CSc1ccccc1Br)NCC(F)(F)F. The van der Waals surface area contributed by atoms with E-state index in [0.29, 0.717) is 0 Å². The fraction of sp³-hybridized carbons (Fsp3) is 0.300. The maximum atomic E-state index is 11.8. The van der Waals surface area contributed by atoms with Crippen LogP contribution in [0.1, 0.15) is 0 Å². The van der Waals surface area contributed by atoms with Crippen molar-refractivity contribution in [2.24, 2.45) is 0 Å². The predicted molar refractivity (Wildman–Crippen MR) is 63.9 cm³/mol. The summed E-state index contributed by atoms with van der Waals surface area (Å²) in [5.41, 5.74) is 0. The van der Waals surface area contributed by atoms with E-state index in [-0.39, 0.29) is 5.75 Å². The molecule has 1 amide bonds. The van der Waals surface area contributed by atoms with Gasteiger partial charge < -0.3 is 5.32 Å². The topological polar surface area (TPSA) is 29.1 Å². The average molecular weight is 328 g/mol. The van der Waals surface area contributed by atoms with Gasteiger partial charge in [0, 0.05) is 9.37 Å². The number of alkyl halides is 3. The lowest BCUT2D eigenvalue weighted by molar-refractivity contribution is -0.136. The molecule has 1 aromatic carbocycles. The molecule has 94 valence electrons. The van der Waals surface area contributed by atoms with Gasteiger partial charge in [-0.3, -0.25) is 4.79 Å². The quantitative estimate of drug-likeness (QED) is 0.860. The van der Waals surface area contributed by atoms with Gasteiger partial charge in [0.25, 0.3) is 0 Å². The number of benzene rings is 1. The molecule has 0 heterocycles. The largest absolute Gasteiger partial charge is 0.405 e. The Bertz CT molecular complexity index is 397. The maximum absolute atomic E-state index is 11.8. The molecule has 0 radical (unpaired) electrons. The Morgan fingerprint density at radius 1 is 1.35 bits per heavy atom. The van der Waals surface area contributed by atoms with E-state index in [1.807, 2.05) is 11.4 Å². The van der Waals surface area contributed by atoms with Gasteiger partial charge >= 0.3 is 6.18 Å². The molecule has 0 atom stereocenters. The van der Waals surface area contributed by atoms with Crippen LogP contribution in [0, 0.1) is 0 Å². The normalized spacial score (nSPS) is 11.3. The van der Waals surface area contributed by atoms with Crippen molar-refractivity contribution in [2.75, 3.05) is 12.3 Å². The second-order valence-corrected chi connectivity index (χ2v) is 4.98. The summed E-state index contributed by atoms with van der Waals surface area (Å²) in [6.07, 6.45) is -4.37. The second kappa shape index (κ2) is 6.30. The van der Waals surface area contributed by atoms with Crippen LogP contribution in [0.2, 0.25) is 0 Å². The van der Waals surface area contributed by atoms with Crippen LogP contribution >= 0.6 is 27.7 Å². The van der Waals surface area contributed by atoms with E-state index in [1.165, 1.54) is 11.8 Å². The number of hydrogen-bond donors (Lipinski definition) is 1. The lowest BCUT2D eigenvalue weighted by Gasteiger charge is -2.08. The first-order valence-corrected chi connectivity index (χ1v) is 6.37. The summed E-state index contributed by atoms with van der Waals surface area (Å²) in [5.74, 6) is -0.679. The lowest BCUT2D eigenvalue weighted by atomic mass is 10.4. The van der Waals surface area contributed by atoms with Gasteiger partial charge in [0.1, 0.15) is 6.54 Å². The summed E-state index contributed by atoms with van der Waals surface area (Å²) in [5, 5.41) is 1.81. The van der Waals surface area contributed by atoms with Crippen LogP contribution in [0.15, 0.2) is 33.6 Å². The van der Waals surface area contributed by atoms with Gasteiger partial charge in [0.05, 0.1) is 5.75 Å². The number of carbonyl (C=O) groups is 1. The highest BCUT2D eigenvalue weighted by Crippen LogP contribution is 2.26. The third-order valence-corrected chi connectivity index (χ3v) is 3.71. The van der Waals surface area contributed by atoms with E-state index in [9.17, 15) is 18.0 Å². The molecule has 0 fully saturated rings. The summed E-state index contributed by atoms with van der Waals surface area (Å²) < 4.78 is 36.3. The second-order valence-electron chi connectivity index (χ2n) is 3.11. The highest BCUT2D eigenvalue weighted by Gasteiger charge is 2.27. The number of rotatable bonds is 4. The number of thioether (sulfide) groups is 1. The Labute approximate surface area is 109 Å². The predicted octanol–water partition coefficient (Wildman–Crippen LogP) is 3.22. The van der Waals surface area contributed by atoms with E-state index < -0.39 is 18.6 Å². The van der Waals surface area contributed by atoms with E-state index in [2.05, 4.69) is 15.9 Å². The van der Waals surface area contributed by atoms with Gasteiger partial charge in [0.15, 0.2) is 0 Å². The first kappa shape index (κ1) is 14.4. The van der Waals surface area contributed by atoms with Crippen LogP contribution in [0.4, 0.5) is 13.2 Å². The zero-order chi connectivity index (χ0) is 12.9. The van der Waals surface area contributed by atoms with Crippen molar-refractivity contribution in [1.82, 2.24) is 5.32 Å². The molecule has 0 unspecified atom stereocenters. The van der Waals surface area contributed by atoms with E-state index in [0.717, 1.165) is 9.37 Å². The Morgan fingerprint density at radius 3 is 2.59 bits per heavy atom. The van der Waals surface area contributed by atoms with Crippen LogP contribution < -0.4 is 5.32 Å². The minimum absolute atomic E-state index is 0.0430. The number of nitrogens with one attached hydrogen (secondary N) is 1. The lowest BCUT2D eigenvalue weighted by Crippen LogP contribution is -2.34.